The molecule has 3 aliphatic rings. The van der Waals surface area contributed by atoms with Gasteiger partial charge in [-0.15, -0.1) is 11.8 Å². The van der Waals surface area contributed by atoms with Crippen molar-refractivity contribution in [1.29, 1.82) is 0 Å². The Morgan fingerprint density at radius 2 is 2.28 bits per heavy atom. The number of aromatic amines is 1. The highest BCUT2D eigenvalue weighted by molar-refractivity contribution is 9.10. The number of rotatable bonds is 2. The fourth-order valence-corrected chi connectivity index (χ4v) is 6.27. The summed E-state index contributed by atoms with van der Waals surface area (Å²) in [6.45, 7) is 2.49. The normalized spacial score (nSPS) is 28.2. The number of halogens is 2. The van der Waals surface area contributed by atoms with Crippen LogP contribution in [0.3, 0.4) is 0 Å². The highest BCUT2D eigenvalue weighted by atomic mass is 79.9. The lowest BCUT2D eigenvalue weighted by Gasteiger charge is -2.34. The average molecular weight is 445 g/mol. The van der Waals surface area contributed by atoms with Gasteiger partial charge in [0.25, 0.3) is 5.56 Å². The SMILES string of the molecule is O=c1[nH]c(=O)n2c3c(c(Br)c(Cl)cc13)SC[C@@H]2CN1C[C@@H]2C[C@H]1CO2. The van der Waals surface area contributed by atoms with E-state index >= 15 is 0 Å². The lowest BCUT2D eigenvalue weighted by molar-refractivity contribution is 0.0261. The Hall–Kier alpha value is -0.800. The second-order valence-corrected chi connectivity index (χ2v) is 9.02. The largest absolute Gasteiger partial charge is 0.375 e. The van der Waals surface area contributed by atoms with Crippen LogP contribution in [0.15, 0.2) is 25.0 Å². The molecule has 3 atom stereocenters. The lowest BCUT2D eigenvalue weighted by Crippen LogP contribution is -2.44. The smallest absolute Gasteiger partial charge is 0.329 e. The summed E-state index contributed by atoms with van der Waals surface area (Å²) < 4.78 is 8.16. The molecule has 6 nitrogen and oxygen atoms in total. The molecule has 0 spiro atoms. The summed E-state index contributed by atoms with van der Waals surface area (Å²) in [4.78, 5) is 30.6. The molecule has 1 aromatic heterocycles. The highest BCUT2D eigenvalue weighted by Crippen LogP contribution is 2.43. The first-order chi connectivity index (χ1) is 12.0. The number of aromatic nitrogens is 2. The van der Waals surface area contributed by atoms with Crippen molar-refractivity contribution in [1.82, 2.24) is 14.5 Å². The third-order valence-electron chi connectivity index (χ3n) is 5.32. The van der Waals surface area contributed by atoms with Crippen LogP contribution in [0.2, 0.25) is 5.02 Å². The fourth-order valence-electron chi connectivity index (χ4n) is 4.17. The molecule has 4 heterocycles. The van der Waals surface area contributed by atoms with Crippen LogP contribution in [0.1, 0.15) is 12.5 Å². The zero-order chi connectivity index (χ0) is 17.3. The summed E-state index contributed by atoms with van der Waals surface area (Å²) in [6.07, 6.45) is 1.40. The number of hydrogen-bond acceptors (Lipinski definition) is 5. The predicted molar refractivity (Wildman–Crippen MR) is 101 cm³/mol. The maximum Gasteiger partial charge on any atom is 0.329 e. The van der Waals surface area contributed by atoms with Gasteiger partial charge >= 0.3 is 5.69 Å². The maximum absolute atomic E-state index is 12.6. The van der Waals surface area contributed by atoms with Crippen molar-refractivity contribution in [2.45, 2.75) is 29.5 Å². The van der Waals surface area contributed by atoms with Gasteiger partial charge in [0.15, 0.2) is 0 Å². The van der Waals surface area contributed by atoms with Gasteiger partial charge in [-0.3, -0.25) is 19.2 Å². The standard InChI is InChI=1S/C16H15BrClN3O3S/c17-12-11(18)2-10-13-14(12)25-6-8(21(13)16(23)19-15(10)22)3-20-4-9-1-7(20)5-24-9/h2,7-9H,1,3-6H2,(H,19,22,23)/t7-,8-,9-/m0/s1. The van der Waals surface area contributed by atoms with Gasteiger partial charge in [-0.2, -0.15) is 0 Å². The minimum Gasteiger partial charge on any atom is -0.375 e. The fraction of sp³-hybridized carbons (Fsp3) is 0.500. The lowest BCUT2D eigenvalue weighted by atomic mass is 10.2. The molecule has 3 aliphatic heterocycles. The molecule has 0 radical (unpaired) electrons. The van der Waals surface area contributed by atoms with Gasteiger partial charge in [-0.1, -0.05) is 11.6 Å². The number of benzene rings is 1. The molecule has 2 fully saturated rings. The Morgan fingerprint density at radius 1 is 1.44 bits per heavy atom. The molecule has 2 saturated heterocycles. The van der Waals surface area contributed by atoms with Gasteiger partial charge in [0.2, 0.25) is 0 Å². The van der Waals surface area contributed by atoms with Crippen molar-refractivity contribution in [3.8, 4) is 0 Å². The minimum atomic E-state index is -0.387. The molecule has 0 saturated carbocycles. The highest BCUT2D eigenvalue weighted by Gasteiger charge is 2.40. The third kappa shape index (κ3) is 2.45. The molecule has 9 heteroatoms. The number of hydrogen-bond donors (Lipinski definition) is 1. The van der Waals surface area contributed by atoms with Crippen molar-refractivity contribution in [3.63, 3.8) is 0 Å². The number of morpholine rings is 1. The second-order valence-electron chi connectivity index (χ2n) is 6.79. The van der Waals surface area contributed by atoms with Crippen molar-refractivity contribution in [3.05, 3.63) is 36.4 Å². The van der Waals surface area contributed by atoms with Crippen LogP contribution < -0.4 is 11.2 Å². The summed E-state index contributed by atoms with van der Waals surface area (Å²) in [6, 6.07) is 2.09. The van der Waals surface area contributed by atoms with Gasteiger partial charge in [0.05, 0.1) is 39.2 Å². The summed E-state index contributed by atoms with van der Waals surface area (Å²) >= 11 is 11.4. The first-order valence-electron chi connectivity index (χ1n) is 8.18. The molecule has 0 amide bonds. The van der Waals surface area contributed by atoms with E-state index in [1.54, 1.807) is 22.4 Å². The van der Waals surface area contributed by atoms with Crippen LogP contribution in [0.4, 0.5) is 0 Å². The first kappa shape index (κ1) is 16.4. The van der Waals surface area contributed by atoms with E-state index in [9.17, 15) is 9.59 Å². The quantitative estimate of drug-likeness (QED) is 0.769. The third-order valence-corrected chi connectivity index (χ3v) is 8.17. The first-order valence-corrected chi connectivity index (χ1v) is 10.3. The summed E-state index contributed by atoms with van der Waals surface area (Å²) in [5.41, 5.74) is -0.0486. The van der Waals surface area contributed by atoms with E-state index in [0.29, 0.717) is 28.1 Å². The Bertz CT molecular complexity index is 1010. The maximum atomic E-state index is 12.6. The molecular formula is C16H15BrClN3O3S. The van der Waals surface area contributed by atoms with E-state index in [2.05, 4.69) is 25.8 Å². The molecule has 1 N–H and O–H groups in total. The number of likely N-dealkylation sites (tertiary alicyclic amines) is 1. The van der Waals surface area contributed by atoms with Crippen LogP contribution >= 0.6 is 39.3 Å². The molecular weight excluding hydrogens is 430 g/mol. The molecule has 0 aliphatic carbocycles. The number of nitrogens with one attached hydrogen (secondary N) is 1. The average Bonchev–Trinajstić information content (AvgIpc) is 3.19. The molecule has 2 aromatic rings. The van der Waals surface area contributed by atoms with Crippen LogP contribution in [0.25, 0.3) is 10.9 Å². The molecule has 1 aromatic carbocycles. The van der Waals surface area contributed by atoms with Gasteiger partial charge in [0.1, 0.15) is 0 Å². The van der Waals surface area contributed by atoms with E-state index in [-0.39, 0.29) is 17.3 Å². The van der Waals surface area contributed by atoms with Gasteiger partial charge in [0, 0.05) is 29.8 Å². The topological polar surface area (TPSA) is 67.3 Å². The molecule has 0 unspecified atom stereocenters. The zero-order valence-electron chi connectivity index (χ0n) is 13.1. The van der Waals surface area contributed by atoms with E-state index in [0.717, 1.165) is 41.2 Å². The van der Waals surface area contributed by atoms with E-state index in [1.807, 2.05) is 0 Å². The van der Waals surface area contributed by atoms with Crippen LogP contribution in [0.5, 0.6) is 0 Å². The Labute approximate surface area is 160 Å². The summed E-state index contributed by atoms with van der Waals surface area (Å²) in [5.74, 6) is 0.766. The van der Waals surface area contributed by atoms with Crippen molar-refractivity contribution in [2.75, 3.05) is 25.4 Å². The summed E-state index contributed by atoms with van der Waals surface area (Å²) in [7, 11) is 0. The van der Waals surface area contributed by atoms with Gasteiger partial charge in [-0.05, 0) is 28.4 Å². The second kappa shape index (κ2) is 5.85. The summed E-state index contributed by atoms with van der Waals surface area (Å²) in [5, 5.41) is 0.949. The van der Waals surface area contributed by atoms with E-state index in [1.165, 1.54) is 0 Å². The van der Waals surface area contributed by atoms with Crippen molar-refractivity contribution >= 4 is 50.2 Å². The Balaban J connectivity index is 1.65. The van der Waals surface area contributed by atoms with E-state index < -0.39 is 0 Å². The van der Waals surface area contributed by atoms with E-state index in [4.69, 9.17) is 16.3 Å². The number of H-pyrrole nitrogens is 1. The van der Waals surface area contributed by atoms with Crippen LogP contribution in [-0.4, -0.2) is 52.0 Å². The van der Waals surface area contributed by atoms with Gasteiger partial charge < -0.3 is 4.74 Å². The number of thioether (sulfide) groups is 1. The van der Waals surface area contributed by atoms with Crippen LogP contribution in [-0.2, 0) is 4.74 Å². The Kier molecular flexibility index (Phi) is 3.83. The van der Waals surface area contributed by atoms with Crippen molar-refractivity contribution in [2.24, 2.45) is 0 Å². The van der Waals surface area contributed by atoms with Crippen molar-refractivity contribution < 1.29 is 4.74 Å². The number of fused-ring (bicyclic) bond motifs is 2. The Morgan fingerprint density at radius 3 is 3.00 bits per heavy atom. The molecule has 2 bridgehead atoms. The zero-order valence-corrected chi connectivity index (χ0v) is 16.3. The molecule has 132 valence electrons. The molecule has 5 rings (SSSR count). The predicted octanol–water partition coefficient (Wildman–Crippen LogP) is 2.23. The van der Waals surface area contributed by atoms with Gasteiger partial charge in [-0.25, -0.2) is 4.79 Å². The monoisotopic (exact) mass is 443 g/mol. The van der Waals surface area contributed by atoms with Crippen LogP contribution in [0, 0.1) is 0 Å². The minimum absolute atomic E-state index is 0.0109. The number of ether oxygens (including phenoxy) is 1. The number of nitrogens with zero attached hydrogens (tertiary/aromatic N) is 2. The molecule has 25 heavy (non-hydrogen) atoms.